The molecule has 1 N–H and O–H groups in total. The molecule has 0 saturated carbocycles. The molecule has 2 rings (SSSR count). The van der Waals surface area contributed by atoms with E-state index < -0.39 is 0 Å². The van der Waals surface area contributed by atoms with E-state index in [0.717, 1.165) is 16.8 Å². The first-order chi connectivity index (χ1) is 7.16. The summed E-state index contributed by atoms with van der Waals surface area (Å²) in [5.74, 6) is 0.637. The lowest BCUT2D eigenvalue weighted by atomic mass is 10.1. The largest absolute Gasteiger partial charge is 0.307 e. The van der Waals surface area contributed by atoms with Gasteiger partial charge < -0.3 is 4.98 Å². The number of rotatable bonds is 1. The summed E-state index contributed by atoms with van der Waals surface area (Å²) in [6.07, 6.45) is 0. The van der Waals surface area contributed by atoms with Crippen LogP contribution >= 0.6 is 0 Å². The van der Waals surface area contributed by atoms with E-state index in [1.165, 1.54) is 6.07 Å². The fourth-order valence-corrected chi connectivity index (χ4v) is 1.55. The van der Waals surface area contributed by atoms with E-state index in [1.54, 1.807) is 0 Å². The minimum Gasteiger partial charge on any atom is -0.307 e. The van der Waals surface area contributed by atoms with Crippen molar-refractivity contribution in [3.05, 3.63) is 51.9 Å². The highest BCUT2D eigenvalue weighted by molar-refractivity contribution is 5.59. The van der Waals surface area contributed by atoms with Crippen molar-refractivity contribution in [3.8, 4) is 11.4 Å². The fraction of sp³-hybridized carbons (Fsp3) is 0.167. The monoisotopic (exact) mass is 200 g/mol. The Hall–Kier alpha value is -1.90. The molecule has 0 fully saturated rings. The number of aromatic amines is 1. The van der Waals surface area contributed by atoms with E-state index in [9.17, 15) is 4.79 Å². The molecule has 0 aliphatic carbocycles. The third-order valence-electron chi connectivity index (χ3n) is 2.27. The molecular weight excluding hydrogens is 188 g/mol. The summed E-state index contributed by atoms with van der Waals surface area (Å²) in [6, 6.07) is 9.34. The molecule has 0 unspecified atom stereocenters. The lowest BCUT2D eigenvalue weighted by Gasteiger charge is -2.04. The van der Waals surface area contributed by atoms with E-state index in [0.29, 0.717) is 5.82 Å². The second-order valence-electron chi connectivity index (χ2n) is 3.55. The first kappa shape index (κ1) is 9.65. The summed E-state index contributed by atoms with van der Waals surface area (Å²) in [7, 11) is 0. The van der Waals surface area contributed by atoms with Crippen molar-refractivity contribution in [1.82, 2.24) is 9.97 Å². The van der Waals surface area contributed by atoms with Crippen LogP contribution in [0.2, 0.25) is 0 Å². The highest BCUT2D eigenvalue weighted by Crippen LogP contribution is 2.17. The zero-order valence-electron chi connectivity index (χ0n) is 8.74. The van der Waals surface area contributed by atoms with Crippen LogP contribution in [-0.4, -0.2) is 9.97 Å². The maximum absolute atomic E-state index is 11.3. The van der Waals surface area contributed by atoms with Gasteiger partial charge in [0.1, 0.15) is 5.82 Å². The molecule has 0 aliphatic heterocycles. The molecule has 0 radical (unpaired) electrons. The third-order valence-corrected chi connectivity index (χ3v) is 2.27. The lowest BCUT2D eigenvalue weighted by Crippen LogP contribution is -2.08. The summed E-state index contributed by atoms with van der Waals surface area (Å²) in [6.45, 7) is 3.81. The van der Waals surface area contributed by atoms with E-state index in [4.69, 9.17) is 0 Å². The van der Waals surface area contributed by atoms with Crippen LogP contribution in [0.25, 0.3) is 11.4 Å². The van der Waals surface area contributed by atoms with Crippen molar-refractivity contribution in [1.29, 1.82) is 0 Å². The van der Waals surface area contributed by atoms with E-state index >= 15 is 0 Å². The summed E-state index contributed by atoms with van der Waals surface area (Å²) in [5, 5.41) is 0. The number of benzene rings is 1. The minimum atomic E-state index is -0.110. The van der Waals surface area contributed by atoms with Crippen LogP contribution < -0.4 is 5.56 Å². The first-order valence-corrected chi connectivity index (χ1v) is 4.81. The molecule has 3 nitrogen and oxygen atoms in total. The molecule has 3 heteroatoms. The maximum Gasteiger partial charge on any atom is 0.251 e. The Kier molecular flexibility index (Phi) is 2.37. The van der Waals surface area contributed by atoms with Crippen molar-refractivity contribution >= 4 is 0 Å². The fourth-order valence-electron chi connectivity index (χ4n) is 1.55. The Bertz CT molecular complexity index is 543. The van der Waals surface area contributed by atoms with Crippen molar-refractivity contribution in [3.63, 3.8) is 0 Å². The van der Waals surface area contributed by atoms with Gasteiger partial charge in [-0.3, -0.25) is 4.79 Å². The van der Waals surface area contributed by atoms with Crippen molar-refractivity contribution in [2.24, 2.45) is 0 Å². The summed E-state index contributed by atoms with van der Waals surface area (Å²) >= 11 is 0. The summed E-state index contributed by atoms with van der Waals surface area (Å²) < 4.78 is 0. The zero-order chi connectivity index (χ0) is 10.8. The van der Waals surface area contributed by atoms with E-state index in [1.807, 2.05) is 38.1 Å². The van der Waals surface area contributed by atoms with Crippen LogP contribution in [0.5, 0.6) is 0 Å². The molecule has 0 atom stereocenters. The van der Waals surface area contributed by atoms with Crippen molar-refractivity contribution < 1.29 is 0 Å². The average molecular weight is 200 g/mol. The molecule has 0 amide bonds. The van der Waals surface area contributed by atoms with Crippen LogP contribution in [0.3, 0.4) is 0 Å². The van der Waals surface area contributed by atoms with Gasteiger partial charge in [0.2, 0.25) is 0 Å². The number of hydrogen-bond donors (Lipinski definition) is 1. The highest BCUT2D eigenvalue weighted by Gasteiger charge is 2.03. The van der Waals surface area contributed by atoms with Gasteiger partial charge in [0.05, 0.1) is 0 Å². The molecule has 1 heterocycles. The molecular formula is C12H12N2O. The van der Waals surface area contributed by atoms with E-state index in [2.05, 4.69) is 9.97 Å². The molecule has 0 saturated heterocycles. The Morgan fingerprint density at radius 1 is 1.20 bits per heavy atom. The van der Waals surface area contributed by atoms with Crippen LogP contribution in [0.1, 0.15) is 11.3 Å². The Morgan fingerprint density at radius 2 is 1.93 bits per heavy atom. The molecule has 76 valence electrons. The first-order valence-electron chi connectivity index (χ1n) is 4.81. The topological polar surface area (TPSA) is 45.8 Å². The van der Waals surface area contributed by atoms with Gasteiger partial charge >= 0.3 is 0 Å². The van der Waals surface area contributed by atoms with Gasteiger partial charge in [-0.1, -0.05) is 24.3 Å². The maximum atomic E-state index is 11.3. The summed E-state index contributed by atoms with van der Waals surface area (Å²) in [5.41, 5.74) is 2.70. The van der Waals surface area contributed by atoms with Gasteiger partial charge in [0.25, 0.3) is 5.56 Å². The smallest absolute Gasteiger partial charge is 0.251 e. The Labute approximate surface area is 87.8 Å². The predicted molar refractivity (Wildman–Crippen MR) is 59.8 cm³/mol. The van der Waals surface area contributed by atoms with Crippen molar-refractivity contribution in [2.75, 3.05) is 0 Å². The predicted octanol–water partition coefficient (Wildman–Crippen LogP) is 2.05. The molecule has 1 aromatic heterocycles. The lowest BCUT2D eigenvalue weighted by molar-refractivity contribution is 1.07. The standard InChI is InChI=1S/C12H12N2O/c1-8-5-3-4-6-10(8)12-13-9(2)7-11(15)14-12/h3-7H,1-2H3,(H,13,14,15). The molecule has 1 aromatic carbocycles. The van der Waals surface area contributed by atoms with Crippen LogP contribution in [0.4, 0.5) is 0 Å². The third kappa shape index (κ3) is 1.96. The second kappa shape index (κ2) is 3.69. The average Bonchev–Trinajstić information content (AvgIpc) is 2.16. The van der Waals surface area contributed by atoms with E-state index in [-0.39, 0.29) is 5.56 Å². The SMILES string of the molecule is Cc1cc(=O)[nH]c(-c2ccccc2C)n1. The van der Waals surface area contributed by atoms with Gasteiger partial charge in [0.15, 0.2) is 0 Å². The van der Waals surface area contributed by atoms with Gasteiger partial charge in [-0.15, -0.1) is 0 Å². The molecule has 2 aromatic rings. The highest BCUT2D eigenvalue weighted by atomic mass is 16.1. The minimum absolute atomic E-state index is 0.110. The summed E-state index contributed by atoms with van der Waals surface area (Å²) in [4.78, 5) is 18.3. The Morgan fingerprint density at radius 3 is 2.60 bits per heavy atom. The van der Waals surface area contributed by atoms with Crippen LogP contribution in [0.15, 0.2) is 35.1 Å². The quantitative estimate of drug-likeness (QED) is 0.765. The van der Waals surface area contributed by atoms with Crippen LogP contribution in [-0.2, 0) is 0 Å². The normalized spacial score (nSPS) is 10.3. The molecule has 15 heavy (non-hydrogen) atoms. The number of hydrogen-bond acceptors (Lipinski definition) is 2. The van der Waals surface area contributed by atoms with Gasteiger partial charge in [0, 0.05) is 17.3 Å². The number of nitrogens with one attached hydrogen (secondary N) is 1. The number of aromatic nitrogens is 2. The number of aryl methyl sites for hydroxylation is 2. The second-order valence-corrected chi connectivity index (χ2v) is 3.55. The van der Waals surface area contributed by atoms with Gasteiger partial charge in [-0.25, -0.2) is 4.98 Å². The Balaban J connectivity index is 2.64. The van der Waals surface area contributed by atoms with Crippen LogP contribution in [0, 0.1) is 13.8 Å². The zero-order valence-corrected chi connectivity index (χ0v) is 8.74. The molecule has 0 bridgehead atoms. The van der Waals surface area contributed by atoms with Crippen molar-refractivity contribution in [2.45, 2.75) is 13.8 Å². The number of nitrogens with zero attached hydrogens (tertiary/aromatic N) is 1. The number of H-pyrrole nitrogens is 1. The molecule has 0 spiro atoms. The van der Waals surface area contributed by atoms with Gasteiger partial charge in [-0.05, 0) is 19.4 Å². The molecule has 0 aliphatic rings. The van der Waals surface area contributed by atoms with Gasteiger partial charge in [-0.2, -0.15) is 0 Å².